The maximum atomic E-state index is 10.9. The minimum absolute atomic E-state index is 0.222. The molecule has 1 heterocycles. The molecule has 1 saturated heterocycles. The number of allylic oxidation sites excluding steroid dienone is 2. The molecule has 0 aromatic rings. The molecule has 33 heavy (non-hydrogen) atoms. The van der Waals surface area contributed by atoms with E-state index < -0.39 is 0 Å². The first kappa shape index (κ1) is 24.1. The van der Waals surface area contributed by atoms with Crippen molar-refractivity contribution < 1.29 is 14.9 Å². The SMILES string of the molecule is CC(C)=C[C@H](O)C[C@@H](C)[C@H]1CC[C@@]2(C)[C@@H]3C=C[C@@]45OC[C@]3(CC[C@]12C)[C@@H]4CC[C@H](O)C5(C)C. The Morgan fingerprint density at radius 3 is 2.48 bits per heavy atom. The molecule has 1 aliphatic heterocycles. The van der Waals surface area contributed by atoms with E-state index in [0.717, 1.165) is 25.9 Å². The normalized spacial score (nSPS) is 51.3. The standard InChI is InChI=1S/C30H48O3/c1-19(2)16-21(31)17-20(3)22-10-12-28(7)23-11-13-30-24(8-9-25(32)26(30,4)5)29(23,18-33-30)15-14-27(22,28)6/h11,13,16,20-25,31-32H,8-10,12,14-15,17-18H2,1-7H3/t20-,21+,22-,23+,24+,25+,27-,28+,29+,30-/m1/s1. The summed E-state index contributed by atoms with van der Waals surface area (Å²) in [4.78, 5) is 0. The van der Waals surface area contributed by atoms with Crippen molar-refractivity contribution in [1.29, 1.82) is 0 Å². The fraction of sp³-hybridized carbons (Fsp3) is 0.867. The average Bonchev–Trinajstić information content (AvgIpc) is 3.11. The number of aliphatic hydroxyl groups excluding tert-OH is 2. The van der Waals surface area contributed by atoms with E-state index in [4.69, 9.17) is 4.74 Å². The van der Waals surface area contributed by atoms with E-state index in [1.165, 1.54) is 31.3 Å². The number of fused-ring (bicyclic) bond motifs is 2. The molecule has 0 radical (unpaired) electrons. The first-order valence-electron chi connectivity index (χ1n) is 13.7. The second-order valence-corrected chi connectivity index (χ2v) is 14.0. The zero-order chi connectivity index (χ0) is 24.0. The second kappa shape index (κ2) is 7.43. The first-order chi connectivity index (χ1) is 15.3. The molecular formula is C30H48O3. The van der Waals surface area contributed by atoms with Crippen LogP contribution in [0.3, 0.4) is 0 Å². The molecule has 186 valence electrons. The highest BCUT2D eigenvalue weighted by Crippen LogP contribution is 2.77. The van der Waals surface area contributed by atoms with Crippen molar-refractivity contribution in [1.82, 2.24) is 0 Å². The third-order valence-corrected chi connectivity index (χ3v) is 12.2. The Morgan fingerprint density at radius 1 is 1.06 bits per heavy atom. The number of hydrogen-bond acceptors (Lipinski definition) is 3. The summed E-state index contributed by atoms with van der Waals surface area (Å²) in [7, 11) is 0. The Labute approximate surface area is 202 Å². The van der Waals surface area contributed by atoms with Crippen molar-refractivity contribution in [2.75, 3.05) is 6.61 Å². The summed E-state index contributed by atoms with van der Waals surface area (Å²) in [5.74, 6) is 2.25. The summed E-state index contributed by atoms with van der Waals surface area (Å²) in [5, 5.41) is 21.6. The fourth-order valence-corrected chi connectivity index (χ4v) is 10.2. The van der Waals surface area contributed by atoms with E-state index in [0.29, 0.717) is 29.1 Å². The summed E-state index contributed by atoms with van der Waals surface area (Å²) in [6, 6.07) is 0. The highest BCUT2D eigenvalue weighted by Gasteiger charge is 2.75. The van der Waals surface area contributed by atoms with Crippen molar-refractivity contribution in [3.8, 4) is 0 Å². The molecule has 0 aromatic heterocycles. The van der Waals surface area contributed by atoms with Crippen LogP contribution in [-0.4, -0.2) is 34.6 Å². The summed E-state index contributed by atoms with van der Waals surface area (Å²) in [6.07, 6.45) is 14.3. The van der Waals surface area contributed by atoms with Crippen molar-refractivity contribution in [3.63, 3.8) is 0 Å². The molecule has 1 spiro atoms. The van der Waals surface area contributed by atoms with Gasteiger partial charge >= 0.3 is 0 Å². The topological polar surface area (TPSA) is 49.7 Å². The molecular weight excluding hydrogens is 408 g/mol. The first-order valence-corrected chi connectivity index (χ1v) is 13.7. The molecule has 0 unspecified atom stereocenters. The van der Waals surface area contributed by atoms with Crippen molar-refractivity contribution in [3.05, 3.63) is 23.8 Å². The van der Waals surface area contributed by atoms with Gasteiger partial charge in [-0.05, 0) is 87.4 Å². The van der Waals surface area contributed by atoms with Crippen molar-refractivity contribution in [2.24, 2.45) is 45.3 Å². The van der Waals surface area contributed by atoms with Crippen LogP contribution >= 0.6 is 0 Å². The Morgan fingerprint density at radius 2 is 1.79 bits per heavy atom. The molecule has 4 fully saturated rings. The Balaban J connectivity index is 1.48. The van der Waals surface area contributed by atoms with Gasteiger partial charge in [0.15, 0.2) is 0 Å². The van der Waals surface area contributed by atoms with E-state index in [2.05, 4.69) is 60.6 Å². The predicted molar refractivity (Wildman–Crippen MR) is 134 cm³/mol. The summed E-state index contributed by atoms with van der Waals surface area (Å²) >= 11 is 0. The summed E-state index contributed by atoms with van der Waals surface area (Å²) in [6.45, 7) is 17.0. The minimum atomic E-state index is -0.329. The van der Waals surface area contributed by atoms with Gasteiger partial charge in [0, 0.05) is 16.7 Å². The molecule has 5 rings (SSSR count). The third-order valence-electron chi connectivity index (χ3n) is 12.2. The molecule has 0 aromatic carbocycles. The third kappa shape index (κ3) is 2.91. The average molecular weight is 457 g/mol. The number of hydrogen-bond donors (Lipinski definition) is 2. The maximum absolute atomic E-state index is 10.9. The van der Waals surface area contributed by atoms with Crippen LogP contribution < -0.4 is 0 Å². The van der Waals surface area contributed by atoms with Gasteiger partial charge < -0.3 is 14.9 Å². The Hall–Kier alpha value is -0.640. The van der Waals surface area contributed by atoms with Crippen LogP contribution in [0.1, 0.15) is 93.4 Å². The number of ether oxygens (including phenoxy) is 1. The fourth-order valence-electron chi connectivity index (χ4n) is 10.2. The molecule has 3 heteroatoms. The van der Waals surface area contributed by atoms with Gasteiger partial charge in [0.25, 0.3) is 0 Å². The lowest BCUT2D eigenvalue weighted by Gasteiger charge is -2.65. The van der Waals surface area contributed by atoms with Gasteiger partial charge in [0.05, 0.1) is 24.4 Å². The van der Waals surface area contributed by atoms with Crippen LogP contribution in [0.4, 0.5) is 0 Å². The zero-order valence-electron chi connectivity index (χ0n) is 22.2. The van der Waals surface area contributed by atoms with Crippen LogP contribution in [0.5, 0.6) is 0 Å². The van der Waals surface area contributed by atoms with Gasteiger partial charge in [0.2, 0.25) is 0 Å². The second-order valence-electron chi connectivity index (χ2n) is 14.0. The monoisotopic (exact) mass is 456 g/mol. The van der Waals surface area contributed by atoms with Crippen LogP contribution in [0, 0.1) is 45.3 Å². The molecule has 4 aliphatic carbocycles. The lowest BCUT2D eigenvalue weighted by molar-refractivity contribution is -0.169. The van der Waals surface area contributed by atoms with E-state index in [9.17, 15) is 10.2 Å². The van der Waals surface area contributed by atoms with Gasteiger partial charge in [-0.25, -0.2) is 0 Å². The highest BCUT2D eigenvalue weighted by atomic mass is 16.5. The van der Waals surface area contributed by atoms with Gasteiger partial charge in [-0.2, -0.15) is 0 Å². The van der Waals surface area contributed by atoms with Gasteiger partial charge in [0.1, 0.15) is 0 Å². The van der Waals surface area contributed by atoms with E-state index >= 15 is 0 Å². The smallest absolute Gasteiger partial charge is 0.0972 e. The van der Waals surface area contributed by atoms with E-state index in [1.54, 1.807) is 0 Å². The molecule has 0 amide bonds. The molecule has 3 saturated carbocycles. The van der Waals surface area contributed by atoms with Gasteiger partial charge in [-0.1, -0.05) is 58.4 Å². The Bertz CT molecular complexity index is 855. The zero-order valence-corrected chi connectivity index (χ0v) is 22.2. The highest BCUT2D eigenvalue weighted by molar-refractivity contribution is 5.33. The van der Waals surface area contributed by atoms with Crippen LogP contribution in [0.25, 0.3) is 0 Å². The predicted octanol–water partition coefficient (Wildman–Crippen LogP) is 6.29. The molecule has 10 atom stereocenters. The van der Waals surface area contributed by atoms with E-state index in [1.807, 2.05) is 6.08 Å². The summed E-state index contributed by atoms with van der Waals surface area (Å²) in [5.41, 5.74) is 1.45. The lowest BCUT2D eigenvalue weighted by Crippen LogP contribution is -2.64. The van der Waals surface area contributed by atoms with Crippen molar-refractivity contribution >= 4 is 0 Å². The quantitative estimate of drug-likeness (QED) is 0.488. The van der Waals surface area contributed by atoms with E-state index in [-0.39, 0.29) is 34.1 Å². The molecule has 3 nitrogen and oxygen atoms in total. The summed E-state index contributed by atoms with van der Waals surface area (Å²) < 4.78 is 6.82. The van der Waals surface area contributed by atoms with Crippen LogP contribution in [0.2, 0.25) is 0 Å². The number of aliphatic hydroxyl groups is 2. The Kier molecular flexibility index (Phi) is 5.42. The van der Waals surface area contributed by atoms with Crippen LogP contribution in [-0.2, 0) is 4.74 Å². The largest absolute Gasteiger partial charge is 0.392 e. The molecule has 2 N–H and O–H groups in total. The van der Waals surface area contributed by atoms with Gasteiger partial charge in [-0.3, -0.25) is 0 Å². The maximum Gasteiger partial charge on any atom is 0.0972 e. The van der Waals surface area contributed by atoms with Crippen molar-refractivity contribution in [2.45, 2.75) is 111 Å². The lowest BCUT2D eigenvalue weighted by atomic mass is 9.38. The molecule has 2 bridgehead atoms. The van der Waals surface area contributed by atoms with Gasteiger partial charge in [-0.15, -0.1) is 0 Å². The minimum Gasteiger partial charge on any atom is -0.392 e. The van der Waals surface area contributed by atoms with Crippen LogP contribution in [0.15, 0.2) is 23.8 Å². The molecule has 5 aliphatic rings. The number of rotatable bonds is 4.